The Morgan fingerprint density at radius 1 is 1.26 bits per heavy atom. The summed E-state index contributed by atoms with van der Waals surface area (Å²) in [5.74, 6) is -1.65. The van der Waals surface area contributed by atoms with Gasteiger partial charge in [0.2, 0.25) is 5.91 Å². The number of likely N-dealkylation sites (tertiary alicyclic amines) is 1. The van der Waals surface area contributed by atoms with Gasteiger partial charge in [-0.3, -0.25) is 4.79 Å². The van der Waals surface area contributed by atoms with Crippen molar-refractivity contribution >= 4 is 11.9 Å². The number of benzene rings is 1. The van der Waals surface area contributed by atoms with Crippen molar-refractivity contribution in [2.75, 3.05) is 19.7 Å². The first kappa shape index (κ1) is 17.2. The van der Waals surface area contributed by atoms with Crippen LogP contribution in [0.5, 0.6) is 5.75 Å². The van der Waals surface area contributed by atoms with Crippen LogP contribution < -0.4 is 4.74 Å². The van der Waals surface area contributed by atoms with Crippen LogP contribution in [0.1, 0.15) is 25.7 Å². The van der Waals surface area contributed by atoms with Crippen LogP contribution in [0.15, 0.2) is 24.3 Å². The number of carbonyl (C=O) groups is 2. The molecule has 0 aromatic heterocycles. The van der Waals surface area contributed by atoms with E-state index in [1.165, 1.54) is 12.1 Å². The van der Waals surface area contributed by atoms with Crippen molar-refractivity contribution < 1.29 is 28.9 Å². The molecule has 1 aliphatic rings. The summed E-state index contributed by atoms with van der Waals surface area (Å²) in [6.07, 6.45) is 0.729. The van der Waals surface area contributed by atoms with Crippen LogP contribution in [0.25, 0.3) is 0 Å². The fourth-order valence-corrected chi connectivity index (χ4v) is 2.47. The first-order valence-electron chi connectivity index (χ1n) is 7.53. The van der Waals surface area contributed by atoms with E-state index in [1.807, 2.05) is 0 Å². The lowest BCUT2D eigenvalue weighted by molar-refractivity contribution is -0.165. The Morgan fingerprint density at radius 3 is 2.52 bits per heavy atom. The maximum Gasteiger partial charge on any atom is 0.335 e. The van der Waals surface area contributed by atoms with E-state index in [-0.39, 0.29) is 50.6 Å². The fraction of sp³-hybridized carbons (Fsp3) is 0.500. The summed E-state index contributed by atoms with van der Waals surface area (Å²) in [5, 5.41) is 18.7. The molecule has 1 aromatic carbocycles. The molecule has 0 atom stereocenters. The van der Waals surface area contributed by atoms with Gasteiger partial charge in [-0.15, -0.1) is 0 Å². The van der Waals surface area contributed by atoms with Crippen LogP contribution >= 0.6 is 0 Å². The fourth-order valence-electron chi connectivity index (χ4n) is 2.47. The number of ether oxygens (including phenoxy) is 1. The lowest BCUT2D eigenvalue weighted by atomic mass is 9.91. The van der Waals surface area contributed by atoms with E-state index in [4.69, 9.17) is 9.84 Å². The van der Waals surface area contributed by atoms with Crippen LogP contribution in [0, 0.1) is 5.82 Å². The van der Waals surface area contributed by atoms with Gasteiger partial charge >= 0.3 is 5.97 Å². The third-order valence-corrected chi connectivity index (χ3v) is 3.97. The van der Waals surface area contributed by atoms with Crippen LogP contribution in [0.4, 0.5) is 4.39 Å². The number of carbonyl (C=O) groups excluding carboxylic acids is 1. The molecule has 7 heteroatoms. The van der Waals surface area contributed by atoms with Crippen molar-refractivity contribution in [3.63, 3.8) is 0 Å². The zero-order chi connectivity index (χ0) is 16.9. The van der Waals surface area contributed by atoms with E-state index in [1.54, 1.807) is 17.0 Å². The standard InChI is InChI=1S/C16H20FNO5/c17-12-4-1-2-5-13(12)23-11-3-6-14(19)18-9-7-16(22,8-10-18)15(20)21/h1-2,4-5,22H,3,6-11H2,(H,20,21). The van der Waals surface area contributed by atoms with Crippen LogP contribution in [-0.4, -0.2) is 52.3 Å². The van der Waals surface area contributed by atoms with Crippen LogP contribution in [0.3, 0.4) is 0 Å². The van der Waals surface area contributed by atoms with Gasteiger partial charge in [-0.2, -0.15) is 0 Å². The molecular weight excluding hydrogens is 305 g/mol. The number of nitrogens with zero attached hydrogens (tertiary/aromatic N) is 1. The van der Waals surface area contributed by atoms with Gasteiger partial charge in [-0.05, 0) is 18.6 Å². The molecule has 1 aliphatic heterocycles. The highest BCUT2D eigenvalue weighted by Crippen LogP contribution is 2.23. The first-order chi connectivity index (χ1) is 10.9. The number of rotatable bonds is 6. The highest BCUT2D eigenvalue weighted by Gasteiger charge is 2.40. The van der Waals surface area contributed by atoms with Crippen LogP contribution in [0.2, 0.25) is 0 Å². The van der Waals surface area contributed by atoms with E-state index < -0.39 is 17.4 Å². The number of piperidine rings is 1. The molecule has 0 spiro atoms. The summed E-state index contributed by atoms with van der Waals surface area (Å²) in [5.41, 5.74) is -1.73. The smallest absolute Gasteiger partial charge is 0.335 e. The van der Waals surface area contributed by atoms with E-state index in [2.05, 4.69) is 0 Å². The summed E-state index contributed by atoms with van der Waals surface area (Å²) in [4.78, 5) is 24.5. The predicted octanol–water partition coefficient (Wildman–Crippen LogP) is 1.42. The monoisotopic (exact) mass is 325 g/mol. The van der Waals surface area contributed by atoms with Gasteiger partial charge in [-0.25, -0.2) is 9.18 Å². The van der Waals surface area contributed by atoms with Gasteiger partial charge in [-0.1, -0.05) is 12.1 Å². The van der Waals surface area contributed by atoms with Gasteiger partial charge < -0.3 is 19.8 Å². The summed E-state index contributed by atoms with van der Waals surface area (Å²) >= 11 is 0. The van der Waals surface area contributed by atoms with Crippen molar-refractivity contribution in [3.8, 4) is 5.75 Å². The minimum Gasteiger partial charge on any atom is -0.491 e. The number of hydrogen-bond acceptors (Lipinski definition) is 4. The number of amides is 1. The van der Waals surface area contributed by atoms with Gasteiger partial charge in [0, 0.05) is 32.4 Å². The lowest BCUT2D eigenvalue weighted by Gasteiger charge is -2.35. The van der Waals surface area contributed by atoms with E-state index >= 15 is 0 Å². The van der Waals surface area contributed by atoms with Crippen molar-refractivity contribution in [2.45, 2.75) is 31.3 Å². The molecule has 2 N–H and O–H groups in total. The first-order valence-corrected chi connectivity index (χ1v) is 7.53. The largest absolute Gasteiger partial charge is 0.491 e. The normalized spacial score (nSPS) is 16.9. The number of aliphatic hydroxyl groups is 1. The van der Waals surface area contributed by atoms with E-state index in [0.29, 0.717) is 6.42 Å². The summed E-state index contributed by atoms with van der Waals surface area (Å²) in [6.45, 7) is 0.658. The van der Waals surface area contributed by atoms with E-state index in [9.17, 15) is 19.1 Å². The van der Waals surface area contributed by atoms with Gasteiger partial charge in [0.05, 0.1) is 6.61 Å². The highest BCUT2D eigenvalue weighted by atomic mass is 19.1. The zero-order valence-corrected chi connectivity index (χ0v) is 12.7. The maximum atomic E-state index is 13.3. The molecule has 1 fully saturated rings. The molecule has 2 rings (SSSR count). The Bertz CT molecular complexity index is 569. The quantitative estimate of drug-likeness (QED) is 0.773. The molecule has 0 radical (unpaired) electrons. The predicted molar refractivity (Wildman–Crippen MR) is 79.5 cm³/mol. The summed E-state index contributed by atoms with van der Waals surface area (Å²) in [7, 11) is 0. The van der Waals surface area contributed by atoms with Crippen LogP contribution in [-0.2, 0) is 9.59 Å². The number of para-hydroxylation sites is 1. The zero-order valence-electron chi connectivity index (χ0n) is 12.7. The number of carboxylic acid groups (broad SMARTS) is 1. The second-order valence-electron chi connectivity index (χ2n) is 5.60. The highest BCUT2D eigenvalue weighted by molar-refractivity contribution is 5.79. The number of hydrogen-bond donors (Lipinski definition) is 2. The van der Waals surface area contributed by atoms with Gasteiger partial charge in [0.1, 0.15) is 0 Å². The molecule has 1 aromatic rings. The number of halogens is 1. The Labute approximate surface area is 133 Å². The minimum atomic E-state index is -1.73. The molecule has 0 aliphatic carbocycles. The lowest BCUT2D eigenvalue weighted by Crippen LogP contribution is -2.50. The Hall–Kier alpha value is -2.15. The molecule has 126 valence electrons. The van der Waals surface area contributed by atoms with Crippen molar-refractivity contribution in [1.29, 1.82) is 0 Å². The maximum absolute atomic E-state index is 13.3. The van der Waals surface area contributed by atoms with Gasteiger partial charge in [0.25, 0.3) is 0 Å². The minimum absolute atomic E-state index is 0.0276. The third kappa shape index (κ3) is 4.41. The van der Waals surface area contributed by atoms with Gasteiger partial charge in [0.15, 0.2) is 17.2 Å². The molecule has 23 heavy (non-hydrogen) atoms. The second-order valence-corrected chi connectivity index (χ2v) is 5.60. The summed E-state index contributed by atoms with van der Waals surface area (Å²) in [6, 6.07) is 6.06. The molecule has 0 unspecified atom stereocenters. The van der Waals surface area contributed by atoms with Crippen molar-refractivity contribution in [2.24, 2.45) is 0 Å². The molecule has 1 amide bonds. The summed E-state index contributed by atoms with van der Waals surface area (Å²) < 4.78 is 18.6. The molecule has 1 saturated heterocycles. The molecule has 6 nitrogen and oxygen atoms in total. The number of carboxylic acids is 1. The second kappa shape index (κ2) is 7.41. The third-order valence-electron chi connectivity index (χ3n) is 3.97. The SMILES string of the molecule is O=C(CCCOc1ccccc1F)N1CCC(O)(C(=O)O)CC1. The average Bonchev–Trinajstić information content (AvgIpc) is 2.53. The van der Waals surface area contributed by atoms with Crippen molar-refractivity contribution in [3.05, 3.63) is 30.1 Å². The van der Waals surface area contributed by atoms with E-state index in [0.717, 1.165) is 0 Å². The molecule has 1 heterocycles. The molecule has 0 bridgehead atoms. The topological polar surface area (TPSA) is 87.1 Å². The number of aliphatic carboxylic acids is 1. The Balaban J connectivity index is 1.70. The Morgan fingerprint density at radius 2 is 1.91 bits per heavy atom. The van der Waals surface area contributed by atoms with Crippen molar-refractivity contribution in [1.82, 2.24) is 4.90 Å². The Kier molecular flexibility index (Phi) is 5.54. The average molecular weight is 325 g/mol. The molecular formula is C16H20FNO5. The molecule has 0 saturated carbocycles.